The van der Waals surface area contributed by atoms with Gasteiger partial charge < -0.3 is 20.5 Å². The number of anilines is 2. The molecule has 2 aromatic rings. The molecule has 24 heavy (non-hydrogen) atoms. The lowest BCUT2D eigenvalue weighted by molar-refractivity contribution is 0.270. The number of hydrogen-bond acceptors (Lipinski definition) is 7. The normalized spacial score (nSPS) is 16.3. The van der Waals surface area contributed by atoms with Crippen LogP contribution in [0, 0.1) is 6.92 Å². The number of aromatic nitrogens is 3. The molecule has 1 atom stereocenters. The third-order valence-electron chi connectivity index (χ3n) is 4.36. The van der Waals surface area contributed by atoms with Crippen LogP contribution in [0.5, 0.6) is 5.75 Å². The number of aliphatic hydroxyl groups is 1. The summed E-state index contributed by atoms with van der Waals surface area (Å²) in [4.78, 5) is 14.9. The Hall–Kier alpha value is -2.06. The molecule has 1 aliphatic rings. The lowest BCUT2D eigenvalue weighted by Gasteiger charge is -2.21. The van der Waals surface area contributed by atoms with Gasteiger partial charge in [0.05, 0.1) is 26.0 Å². The van der Waals surface area contributed by atoms with Crippen molar-refractivity contribution in [2.45, 2.75) is 19.4 Å². The van der Waals surface area contributed by atoms with Gasteiger partial charge in [-0.1, -0.05) is 11.6 Å². The van der Waals surface area contributed by atoms with E-state index in [0.717, 1.165) is 28.0 Å². The molecule has 2 aromatic heterocycles. The minimum absolute atomic E-state index is 0.0277. The zero-order chi connectivity index (χ0) is 17.4. The highest BCUT2D eigenvalue weighted by atomic mass is 35.5. The van der Waals surface area contributed by atoms with Gasteiger partial charge in [0.15, 0.2) is 0 Å². The van der Waals surface area contributed by atoms with Crippen LogP contribution in [0.4, 0.5) is 11.8 Å². The van der Waals surface area contributed by atoms with Crippen LogP contribution in [0.3, 0.4) is 0 Å². The fraction of sp³-hybridized carbons (Fsp3) is 0.400. The van der Waals surface area contributed by atoms with Crippen LogP contribution in [-0.2, 0) is 6.54 Å². The zero-order valence-corrected chi connectivity index (χ0v) is 14.6. The molecule has 0 aliphatic carbocycles. The zero-order valence-electron chi connectivity index (χ0n) is 13.9. The van der Waals surface area contributed by atoms with Crippen LogP contribution in [0.2, 0.25) is 5.15 Å². The van der Waals surface area contributed by atoms with Gasteiger partial charge in [-0.3, -0.25) is 4.98 Å². The van der Waals surface area contributed by atoms with Gasteiger partial charge in [-0.25, -0.2) is 4.98 Å². The summed E-state index contributed by atoms with van der Waals surface area (Å²) in [7, 11) is 3.61. The number of nitrogens with two attached hydrogens (primary N) is 1. The minimum atomic E-state index is -0.138. The highest BCUT2D eigenvalue weighted by Crippen LogP contribution is 2.39. The average molecular weight is 348 g/mol. The smallest absolute Gasteiger partial charge is 0.223 e. The third kappa shape index (κ3) is 2.76. The second-order valence-corrected chi connectivity index (χ2v) is 6.27. The van der Waals surface area contributed by atoms with E-state index in [0.29, 0.717) is 24.1 Å². The van der Waals surface area contributed by atoms with Crippen molar-refractivity contribution in [1.29, 1.82) is 0 Å². The Morgan fingerprint density at radius 2 is 2.25 bits per heavy atom. The summed E-state index contributed by atoms with van der Waals surface area (Å²) in [6.07, 6.45) is 1.79. The molecule has 3 N–H and O–H groups in total. The van der Waals surface area contributed by atoms with Gasteiger partial charge in [0.25, 0.3) is 0 Å². The molecular weight excluding hydrogens is 328 g/mol. The second kappa shape index (κ2) is 6.45. The Bertz CT molecular complexity index is 789. The molecule has 1 unspecified atom stereocenters. The van der Waals surface area contributed by atoms with Crippen molar-refractivity contribution >= 4 is 36.7 Å². The van der Waals surface area contributed by atoms with Crippen LogP contribution < -0.4 is 20.8 Å². The van der Waals surface area contributed by atoms with Crippen molar-refractivity contribution in [1.82, 2.24) is 15.0 Å². The van der Waals surface area contributed by atoms with Crippen molar-refractivity contribution in [2.75, 3.05) is 30.9 Å². The molecule has 1 aliphatic heterocycles. The molecule has 0 aromatic carbocycles. The van der Waals surface area contributed by atoms with Crippen molar-refractivity contribution in [3.63, 3.8) is 0 Å². The standard InChI is InChI=1S/C15H19BClN5O2/c1-7-10(19-3-9(16)12(7)24-2)5-22-4-8(6-23)11-13(17)20-15(18)21-14(11)22/h3,8,23H,4-6,16H2,1-2H3,(H2,18,20,21). The topological polar surface area (TPSA) is 97.4 Å². The van der Waals surface area contributed by atoms with Crippen molar-refractivity contribution in [3.8, 4) is 5.75 Å². The van der Waals surface area contributed by atoms with Crippen molar-refractivity contribution in [3.05, 3.63) is 28.2 Å². The van der Waals surface area contributed by atoms with Crippen LogP contribution in [0.25, 0.3) is 0 Å². The number of nitrogens with zero attached hydrogens (tertiary/aromatic N) is 4. The summed E-state index contributed by atoms with van der Waals surface area (Å²) in [6, 6.07) is 0. The molecule has 0 fully saturated rings. The van der Waals surface area contributed by atoms with E-state index >= 15 is 0 Å². The van der Waals surface area contributed by atoms with Gasteiger partial charge in [-0.05, 0) is 12.4 Å². The molecule has 7 nitrogen and oxygen atoms in total. The highest BCUT2D eigenvalue weighted by Gasteiger charge is 2.33. The lowest BCUT2D eigenvalue weighted by atomic mass is 9.94. The van der Waals surface area contributed by atoms with Gasteiger partial charge in [-0.2, -0.15) is 4.98 Å². The molecule has 0 radical (unpaired) electrons. The number of fused-ring (bicyclic) bond motifs is 1. The predicted molar refractivity (Wildman–Crippen MR) is 96.0 cm³/mol. The molecular formula is C15H19BClN5O2. The summed E-state index contributed by atoms with van der Waals surface area (Å²) in [5.41, 5.74) is 9.34. The van der Waals surface area contributed by atoms with Crippen LogP contribution in [0.15, 0.2) is 6.20 Å². The third-order valence-corrected chi connectivity index (χ3v) is 4.64. The number of nitrogen functional groups attached to an aromatic ring is 1. The number of aliphatic hydroxyl groups excluding tert-OH is 1. The van der Waals surface area contributed by atoms with E-state index in [1.54, 1.807) is 13.3 Å². The fourth-order valence-corrected chi connectivity index (χ4v) is 3.51. The number of rotatable bonds is 4. The maximum absolute atomic E-state index is 9.66. The summed E-state index contributed by atoms with van der Waals surface area (Å²) in [6.45, 7) is 3.07. The average Bonchev–Trinajstić information content (AvgIpc) is 2.88. The number of pyridine rings is 1. The Labute approximate surface area is 146 Å². The molecule has 0 saturated carbocycles. The molecule has 0 saturated heterocycles. The van der Waals surface area contributed by atoms with Crippen LogP contribution >= 0.6 is 11.6 Å². The number of halogens is 1. The summed E-state index contributed by atoms with van der Waals surface area (Å²) in [5.74, 6) is 1.47. The summed E-state index contributed by atoms with van der Waals surface area (Å²) >= 11 is 6.21. The van der Waals surface area contributed by atoms with Crippen LogP contribution in [-0.4, -0.2) is 48.2 Å². The Kier molecular flexibility index (Phi) is 4.51. The van der Waals surface area contributed by atoms with E-state index in [4.69, 9.17) is 22.1 Å². The lowest BCUT2D eigenvalue weighted by Crippen LogP contribution is -2.25. The first-order chi connectivity index (χ1) is 11.5. The first-order valence-corrected chi connectivity index (χ1v) is 8.01. The first kappa shape index (κ1) is 16.8. The monoisotopic (exact) mass is 347 g/mol. The van der Waals surface area contributed by atoms with E-state index in [1.807, 2.05) is 19.7 Å². The van der Waals surface area contributed by atoms with E-state index < -0.39 is 0 Å². The number of methoxy groups -OCH3 is 1. The number of ether oxygens (including phenoxy) is 1. The minimum Gasteiger partial charge on any atom is -0.497 e. The van der Waals surface area contributed by atoms with Gasteiger partial charge in [-0.15, -0.1) is 0 Å². The van der Waals surface area contributed by atoms with E-state index in [1.165, 1.54) is 0 Å². The maximum Gasteiger partial charge on any atom is 0.223 e. The molecule has 0 amide bonds. The maximum atomic E-state index is 9.66. The Morgan fingerprint density at radius 1 is 1.50 bits per heavy atom. The largest absolute Gasteiger partial charge is 0.497 e. The highest BCUT2D eigenvalue weighted by molar-refractivity contribution is 6.34. The molecule has 9 heteroatoms. The predicted octanol–water partition coefficient (Wildman–Crippen LogP) is -0.221. The fourth-order valence-electron chi connectivity index (χ4n) is 3.18. The van der Waals surface area contributed by atoms with Gasteiger partial charge in [0.2, 0.25) is 5.95 Å². The Morgan fingerprint density at radius 3 is 2.92 bits per heavy atom. The van der Waals surface area contributed by atoms with Crippen molar-refractivity contribution in [2.24, 2.45) is 0 Å². The molecule has 126 valence electrons. The molecule has 0 spiro atoms. The van der Waals surface area contributed by atoms with Gasteiger partial charge in [0, 0.05) is 29.8 Å². The van der Waals surface area contributed by atoms with Gasteiger partial charge >= 0.3 is 0 Å². The summed E-state index contributed by atoms with van der Waals surface area (Å²) in [5, 5.41) is 9.95. The van der Waals surface area contributed by atoms with Crippen molar-refractivity contribution < 1.29 is 9.84 Å². The molecule has 0 bridgehead atoms. The van der Waals surface area contributed by atoms with Crippen LogP contribution in [0.1, 0.15) is 22.7 Å². The quantitative estimate of drug-likeness (QED) is 0.583. The first-order valence-electron chi connectivity index (χ1n) is 7.64. The van der Waals surface area contributed by atoms with Gasteiger partial charge in [0.1, 0.15) is 24.6 Å². The Balaban J connectivity index is 1.99. The second-order valence-electron chi connectivity index (χ2n) is 5.92. The molecule has 3 rings (SSSR count). The summed E-state index contributed by atoms with van der Waals surface area (Å²) < 4.78 is 5.47. The van der Waals surface area contributed by atoms with E-state index in [2.05, 4.69) is 15.0 Å². The number of hydrogen-bond donors (Lipinski definition) is 2. The van der Waals surface area contributed by atoms with E-state index in [9.17, 15) is 5.11 Å². The SMILES string of the molecule is Bc1cnc(CN2CC(CO)c3c(Cl)nc(N)nc32)c(C)c1OC. The molecule has 3 heterocycles. The van der Waals surface area contributed by atoms with E-state index in [-0.39, 0.29) is 18.5 Å².